The van der Waals surface area contributed by atoms with Crippen LogP contribution in [0.2, 0.25) is 0 Å². The fraction of sp³-hybridized carbons (Fsp3) is 0.278. The maximum Gasteiger partial charge on any atom is 0.279 e. The number of rotatable bonds is 8. The van der Waals surface area contributed by atoms with Crippen molar-refractivity contribution in [1.82, 2.24) is 0 Å². The number of ether oxygens (including phenoxy) is 1. The Morgan fingerprint density at radius 2 is 1.75 bits per heavy atom. The summed E-state index contributed by atoms with van der Waals surface area (Å²) in [4.78, 5) is 13.1. The third-order valence-corrected chi connectivity index (χ3v) is 3.59. The zero-order valence-corrected chi connectivity index (χ0v) is 13.5. The van der Waals surface area contributed by atoms with E-state index in [2.05, 4.69) is 5.32 Å². The van der Waals surface area contributed by atoms with Crippen molar-refractivity contribution in [2.45, 2.75) is 6.54 Å². The van der Waals surface area contributed by atoms with Gasteiger partial charge in [0.1, 0.15) is 30.4 Å². The lowest BCUT2D eigenvalue weighted by molar-refractivity contribution is -0.906. The minimum atomic E-state index is -0.787. The number of amides is 1. The Hall–Kier alpha value is -2.31. The van der Waals surface area contributed by atoms with Crippen molar-refractivity contribution in [3.63, 3.8) is 0 Å². The summed E-state index contributed by atoms with van der Waals surface area (Å²) in [6, 6.07) is 13.2. The van der Waals surface area contributed by atoms with Gasteiger partial charge in [-0.1, -0.05) is 36.4 Å². The predicted octanol–water partition coefficient (Wildman–Crippen LogP) is 1.63. The number of carbonyl (C=O) groups is 1. The average Bonchev–Trinajstić information content (AvgIpc) is 2.57. The highest BCUT2D eigenvalue weighted by Gasteiger charge is 2.18. The predicted molar refractivity (Wildman–Crippen MR) is 87.7 cm³/mol. The van der Waals surface area contributed by atoms with Crippen molar-refractivity contribution in [2.24, 2.45) is 0 Å². The van der Waals surface area contributed by atoms with Gasteiger partial charge >= 0.3 is 0 Å². The first-order chi connectivity index (χ1) is 11.6. The molecule has 0 bridgehead atoms. The summed E-state index contributed by atoms with van der Waals surface area (Å²) in [7, 11) is 1.59. The number of benzene rings is 2. The molecule has 0 aromatic heterocycles. The molecule has 0 spiro atoms. The molecule has 2 rings (SSSR count). The third-order valence-electron chi connectivity index (χ3n) is 3.59. The van der Waals surface area contributed by atoms with Crippen LogP contribution in [-0.2, 0) is 16.1 Å². The van der Waals surface area contributed by atoms with Crippen molar-refractivity contribution < 1.29 is 23.2 Å². The van der Waals surface area contributed by atoms with Crippen LogP contribution in [0.15, 0.2) is 48.5 Å². The SMILES string of the molecule is COCC[NH+](CC(=O)Nc1c(F)cccc1F)Cc1ccccc1. The highest BCUT2D eigenvalue weighted by molar-refractivity contribution is 5.91. The smallest absolute Gasteiger partial charge is 0.279 e. The molecule has 2 N–H and O–H groups in total. The topological polar surface area (TPSA) is 42.8 Å². The first-order valence-electron chi connectivity index (χ1n) is 7.70. The number of anilines is 1. The van der Waals surface area contributed by atoms with E-state index in [0.29, 0.717) is 19.7 Å². The first-order valence-corrected chi connectivity index (χ1v) is 7.70. The van der Waals surface area contributed by atoms with Crippen LogP contribution in [0.1, 0.15) is 5.56 Å². The van der Waals surface area contributed by atoms with Gasteiger partial charge in [-0.15, -0.1) is 0 Å². The normalized spacial score (nSPS) is 12.0. The van der Waals surface area contributed by atoms with Gasteiger partial charge in [0.2, 0.25) is 0 Å². The Labute approximate surface area is 140 Å². The molecule has 1 atom stereocenters. The van der Waals surface area contributed by atoms with Gasteiger partial charge < -0.3 is 15.0 Å². The average molecular weight is 335 g/mol. The molecule has 0 saturated carbocycles. The number of methoxy groups -OCH3 is 1. The highest BCUT2D eigenvalue weighted by atomic mass is 19.1. The number of nitrogens with one attached hydrogen (secondary N) is 2. The molecule has 0 aliphatic heterocycles. The van der Waals surface area contributed by atoms with Gasteiger partial charge in [0.15, 0.2) is 6.54 Å². The van der Waals surface area contributed by atoms with E-state index in [1.165, 1.54) is 6.07 Å². The Balaban J connectivity index is 2.01. The van der Waals surface area contributed by atoms with Gasteiger partial charge in [-0.25, -0.2) is 8.78 Å². The molecule has 0 aliphatic carbocycles. The number of halogens is 2. The number of hydrogen-bond donors (Lipinski definition) is 2. The molecule has 24 heavy (non-hydrogen) atoms. The van der Waals surface area contributed by atoms with Crippen LogP contribution < -0.4 is 10.2 Å². The van der Waals surface area contributed by atoms with Crippen LogP contribution in [0.4, 0.5) is 14.5 Å². The second-order valence-corrected chi connectivity index (χ2v) is 5.48. The zero-order valence-electron chi connectivity index (χ0n) is 13.5. The van der Waals surface area contributed by atoms with Gasteiger partial charge in [0.25, 0.3) is 5.91 Å². The molecular weight excluding hydrogens is 314 g/mol. The van der Waals surface area contributed by atoms with Crippen LogP contribution in [-0.4, -0.2) is 32.7 Å². The summed E-state index contributed by atoms with van der Waals surface area (Å²) in [5.41, 5.74) is 0.668. The lowest BCUT2D eigenvalue weighted by atomic mass is 10.2. The maximum absolute atomic E-state index is 13.6. The fourth-order valence-electron chi connectivity index (χ4n) is 2.40. The standard InChI is InChI=1S/C18H20F2N2O2/c1-24-11-10-22(12-14-6-3-2-4-7-14)13-17(23)21-18-15(19)8-5-9-16(18)20/h2-9H,10-13H2,1H3,(H,21,23)/p+1. The number of para-hydroxylation sites is 1. The van der Waals surface area contributed by atoms with E-state index >= 15 is 0 Å². The monoisotopic (exact) mass is 335 g/mol. The number of hydrogen-bond acceptors (Lipinski definition) is 2. The van der Waals surface area contributed by atoms with Crippen LogP contribution in [0.5, 0.6) is 0 Å². The molecule has 1 amide bonds. The van der Waals surface area contributed by atoms with E-state index in [9.17, 15) is 13.6 Å². The largest absolute Gasteiger partial charge is 0.379 e. The van der Waals surface area contributed by atoms with E-state index in [1.807, 2.05) is 30.3 Å². The van der Waals surface area contributed by atoms with E-state index < -0.39 is 23.2 Å². The van der Waals surface area contributed by atoms with Crippen molar-refractivity contribution >= 4 is 11.6 Å². The molecule has 2 aromatic carbocycles. The molecule has 0 aliphatic rings. The van der Waals surface area contributed by atoms with Crippen molar-refractivity contribution in [3.05, 3.63) is 65.7 Å². The van der Waals surface area contributed by atoms with Gasteiger partial charge in [-0.05, 0) is 12.1 Å². The first kappa shape index (κ1) is 18.0. The van der Waals surface area contributed by atoms with E-state index in [4.69, 9.17) is 4.74 Å². The molecule has 1 unspecified atom stereocenters. The molecule has 128 valence electrons. The summed E-state index contributed by atoms with van der Waals surface area (Å²) in [6.45, 7) is 1.81. The summed E-state index contributed by atoms with van der Waals surface area (Å²) >= 11 is 0. The molecule has 0 radical (unpaired) electrons. The number of carbonyl (C=O) groups excluding carboxylic acids is 1. The van der Waals surface area contributed by atoms with Crippen molar-refractivity contribution in [2.75, 3.05) is 32.1 Å². The Morgan fingerprint density at radius 3 is 2.38 bits per heavy atom. The molecule has 0 heterocycles. The van der Waals surface area contributed by atoms with Gasteiger partial charge in [0.05, 0.1) is 6.61 Å². The molecule has 0 saturated heterocycles. The summed E-state index contributed by atoms with van der Waals surface area (Å²) < 4.78 is 32.3. The van der Waals surface area contributed by atoms with Crippen LogP contribution >= 0.6 is 0 Å². The summed E-state index contributed by atoms with van der Waals surface area (Å²) in [6.07, 6.45) is 0. The Morgan fingerprint density at radius 1 is 1.08 bits per heavy atom. The minimum Gasteiger partial charge on any atom is -0.379 e. The lowest BCUT2D eigenvalue weighted by Gasteiger charge is -2.19. The third kappa shape index (κ3) is 5.40. The maximum atomic E-state index is 13.6. The van der Waals surface area contributed by atoms with Gasteiger partial charge in [-0.3, -0.25) is 4.79 Å². The zero-order chi connectivity index (χ0) is 17.4. The van der Waals surface area contributed by atoms with Crippen LogP contribution in [0.3, 0.4) is 0 Å². The fourth-order valence-corrected chi connectivity index (χ4v) is 2.40. The van der Waals surface area contributed by atoms with Crippen molar-refractivity contribution in [1.29, 1.82) is 0 Å². The number of quaternary nitrogens is 1. The summed E-state index contributed by atoms with van der Waals surface area (Å²) in [5.74, 6) is -2.02. The molecule has 0 fully saturated rings. The molecule has 4 nitrogen and oxygen atoms in total. The summed E-state index contributed by atoms with van der Waals surface area (Å²) in [5, 5.41) is 2.32. The van der Waals surface area contributed by atoms with Gasteiger partial charge in [-0.2, -0.15) is 0 Å². The molecular formula is C18H21F2N2O2+. The lowest BCUT2D eigenvalue weighted by Crippen LogP contribution is -3.12. The van der Waals surface area contributed by atoms with E-state index in [1.54, 1.807) is 7.11 Å². The Kier molecular flexibility index (Phi) is 6.84. The second kappa shape index (κ2) is 9.10. The second-order valence-electron chi connectivity index (χ2n) is 5.48. The Bertz CT molecular complexity index is 645. The van der Waals surface area contributed by atoms with Crippen LogP contribution in [0, 0.1) is 11.6 Å². The highest BCUT2D eigenvalue weighted by Crippen LogP contribution is 2.17. The molecule has 2 aromatic rings. The van der Waals surface area contributed by atoms with Crippen LogP contribution in [0.25, 0.3) is 0 Å². The van der Waals surface area contributed by atoms with E-state index in [-0.39, 0.29) is 6.54 Å². The van der Waals surface area contributed by atoms with E-state index in [0.717, 1.165) is 22.6 Å². The van der Waals surface area contributed by atoms with Gasteiger partial charge in [0, 0.05) is 12.7 Å². The molecule has 6 heteroatoms. The quantitative estimate of drug-likeness (QED) is 0.770. The minimum absolute atomic E-state index is 0.0893. The van der Waals surface area contributed by atoms with Crippen molar-refractivity contribution in [3.8, 4) is 0 Å².